The van der Waals surface area contributed by atoms with Crippen LogP contribution in [0.5, 0.6) is 0 Å². The summed E-state index contributed by atoms with van der Waals surface area (Å²) in [5.74, 6) is -0.994. The molecule has 136 valence electrons. The van der Waals surface area contributed by atoms with E-state index in [0.29, 0.717) is 11.3 Å². The number of aryl methyl sites for hydroxylation is 1. The lowest BCUT2D eigenvalue weighted by Crippen LogP contribution is -1.96. The minimum absolute atomic E-state index is 0.00995. The molecule has 0 atom stereocenters. The van der Waals surface area contributed by atoms with Gasteiger partial charge in [0.2, 0.25) is 5.82 Å². The summed E-state index contributed by atoms with van der Waals surface area (Å²) in [6.45, 7) is 2.79. The van der Waals surface area contributed by atoms with E-state index in [4.69, 9.17) is 4.52 Å². The summed E-state index contributed by atoms with van der Waals surface area (Å²) in [6.07, 6.45) is 2.74. The zero-order valence-electron chi connectivity index (χ0n) is 14.6. The van der Waals surface area contributed by atoms with Crippen LogP contribution >= 0.6 is 0 Å². The number of nitrogens with zero attached hydrogens (tertiary/aromatic N) is 4. The molecule has 0 saturated heterocycles. The molecule has 0 amide bonds. The molecule has 2 aromatic carbocycles. The highest BCUT2D eigenvalue weighted by Crippen LogP contribution is 2.32. The molecule has 0 aliphatic heterocycles. The molecule has 4 rings (SSSR count). The van der Waals surface area contributed by atoms with E-state index in [1.54, 1.807) is 0 Å². The van der Waals surface area contributed by atoms with Crippen LogP contribution in [0.15, 0.2) is 59.3 Å². The topological polar surface area (TPSA) is 56.7 Å². The third-order valence-electron chi connectivity index (χ3n) is 4.09. The molecule has 0 aliphatic carbocycles. The first-order valence-electron chi connectivity index (χ1n) is 8.58. The van der Waals surface area contributed by atoms with Crippen LogP contribution in [0.2, 0.25) is 0 Å². The molecule has 2 heterocycles. The van der Waals surface area contributed by atoms with Crippen LogP contribution < -0.4 is 0 Å². The van der Waals surface area contributed by atoms with Gasteiger partial charge in [0.25, 0.3) is 5.89 Å². The van der Waals surface area contributed by atoms with E-state index in [2.05, 4.69) is 22.2 Å². The summed E-state index contributed by atoms with van der Waals surface area (Å²) in [7, 11) is 0. The molecule has 0 N–H and O–H groups in total. The quantitative estimate of drug-likeness (QED) is 0.501. The van der Waals surface area contributed by atoms with Crippen molar-refractivity contribution in [3.8, 4) is 34.1 Å². The molecule has 7 heteroatoms. The van der Waals surface area contributed by atoms with Gasteiger partial charge in [0.05, 0.1) is 11.1 Å². The highest BCUT2D eigenvalue weighted by atomic mass is 19.1. The average Bonchev–Trinajstić information content (AvgIpc) is 3.32. The molecule has 2 aromatic heterocycles. The van der Waals surface area contributed by atoms with Crippen molar-refractivity contribution >= 4 is 0 Å². The van der Waals surface area contributed by atoms with Gasteiger partial charge in [-0.3, -0.25) is 4.68 Å². The zero-order valence-corrected chi connectivity index (χ0v) is 14.6. The van der Waals surface area contributed by atoms with Gasteiger partial charge in [0.1, 0.15) is 17.3 Å². The summed E-state index contributed by atoms with van der Waals surface area (Å²) in [6, 6.07) is 12.7. The second-order valence-corrected chi connectivity index (χ2v) is 6.07. The summed E-state index contributed by atoms with van der Waals surface area (Å²) in [4.78, 5) is 4.27. The van der Waals surface area contributed by atoms with E-state index in [-0.39, 0.29) is 17.3 Å². The number of hydrogen-bond donors (Lipinski definition) is 0. The Morgan fingerprint density at radius 3 is 2.63 bits per heavy atom. The van der Waals surface area contributed by atoms with Gasteiger partial charge in [0, 0.05) is 18.3 Å². The van der Waals surface area contributed by atoms with Gasteiger partial charge in [0.15, 0.2) is 0 Å². The Labute approximate surface area is 154 Å². The summed E-state index contributed by atoms with van der Waals surface area (Å²) >= 11 is 0. The van der Waals surface area contributed by atoms with Crippen LogP contribution in [-0.2, 0) is 6.54 Å². The Balaban J connectivity index is 1.80. The van der Waals surface area contributed by atoms with Gasteiger partial charge < -0.3 is 4.52 Å². The normalized spacial score (nSPS) is 11.1. The molecule has 4 aromatic rings. The highest BCUT2D eigenvalue weighted by Gasteiger charge is 2.20. The van der Waals surface area contributed by atoms with Crippen molar-refractivity contribution < 1.29 is 13.3 Å². The maximum Gasteiger partial charge on any atom is 0.262 e. The number of rotatable bonds is 5. The molecule has 0 radical (unpaired) electrons. The zero-order chi connectivity index (χ0) is 18.8. The van der Waals surface area contributed by atoms with Crippen molar-refractivity contribution in [3.05, 3.63) is 66.4 Å². The maximum atomic E-state index is 14.0. The Morgan fingerprint density at radius 2 is 1.85 bits per heavy atom. The number of halogens is 2. The fourth-order valence-corrected chi connectivity index (χ4v) is 2.84. The average molecular weight is 366 g/mol. The van der Waals surface area contributed by atoms with Crippen molar-refractivity contribution in [1.82, 2.24) is 19.9 Å². The van der Waals surface area contributed by atoms with E-state index in [1.807, 2.05) is 41.2 Å². The number of aromatic nitrogens is 4. The Kier molecular flexibility index (Phi) is 4.50. The molecule has 0 bridgehead atoms. The smallest absolute Gasteiger partial charge is 0.262 e. The third-order valence-corrected chi connectivity index (χ3v) is 4.09. The SMILES string of the molecule is CCCn1cc(-c2nc(-c3cc(F)ccc3F)no2)c(-c2ccccc2)n1. The molecule has 0 saturated carbocycles. The van der Waals surface area contributed by atoms with Crippen molar-refractivity contribution in [2.24, 2.45) is 0 Å². The molecule has 0 fully saturated rings. The number of benzene rings is 2. The first-order valence-corrected chi connectivity index (χ1v) is 8.58. The minimum Gasteiger partial charge on any atom is -0.333 e. The second kappa shape index (κ2) is 7.11. The van der Waals surface area contributed by atoms with E-state index in [0.717, 1.165) is 36.7 Å². The lowest BCUT2D eigenvalue weighted by Gasteiger charge is -1.98. The molecule has 0 aliphatic rings. The lowest BCUT2D eigenvalue weighted by atomic mass is 10.1. The van der Waals surface area contributed by atoms with Crippen LogP contribution in [0, 0.1) is 11.6 Å². The molecular weight excluding hydrogens is 350 g/mol. The summed E-state index contributed by atoms with van der Waals surface area (Å²) in [5, 5.41) is 8.44. The minimum atomic E-state index is -0.617. The number of hydrogen-bond acceptors (Lipinski definition) is 4. The van der Waals surface area contributed by atoms with Crippen LogP contribution in [-0.4, -0.2) is 19.9 Å². The predicted molar refractivity (Wildman–Crippen MR) is 96.6 cm³/mol. The molecular formula is C20H16F2N4O. The molecule has 0 spiro atoms. The van der Waals surface area contributed by atoms with Crippen molar-refractivity contribution in [2.75, 3.05) is 0 Å². The van der Waals surface area contributed by atoms with Crippen molar-refractivity contribution in [2.45, 2.75) is 19.9 Å². The van der Waals surface area contributed by atoms with Gasteiger partial charge in [-0.2, -0.15) is 10.1 Å². The molecule has 5 nitrogen and oxygen atoms in total. The fraction of sp³-hybridized carbons (Fsp3) is 0.150. The van der Waals surface area contributed by atoms with E-state index in [1.165, 1.54) is 0 Å². The first kappa shape index (κ1) is 17.1. The predicted octanol–water partition coefficient (Wildman–Crippen LogP) is 4.96. The van der Waals surface area contributed by atoms with Crippen LogP contribution in [0.3, 0.4) is 0 Å². The molecule has 0 unspecified atom stereocenters. The van der Waals surface area contributed by atoms with Crippen LogP contribution in [0.1, 0.15) is 13.3 Å². The Hall–Kier alpha value is -3.35. The molecule has 27 heavy (non-hydrogen) atoms. The van der Waals surface area contributed by atoms with Crippen LogP contribution in [0.4, 0.5) is 8.78 Å². The first-order chi connectivity index (χ1) is 13.2. The van der Waals surface area contributed by atoms with E-state index in [9.17, 15) is 8.78 Å². The monoisotopic (exact) mass is 366 g/mol. The van der Waals surface area contributed by atoms with Crippen LogP contribution in [0.25, 0.3) is 34.1 Å². The van der Waals surface area contributed by atoms with E-state index >= 15 is 0 Å². The van der Waals surface area contributed by atoms with Gasteiger partial charge in [-0.1, -0.05) is 42.4 Å². The third kappa shape index (κ3) is 3.36. The largest absolute Gasteiger partial charge is 0.333 e. The standard InChI is InChI=1S/C20H16F2N4O/c1-2-10-26-12-16(18(24-26)13-6-4-3-5-7-13)20-23-19(25-27-20)15-11-14(21)8-9-17(15)22/h3-9,11-12H,2,10H2,1H3. The lowest BCUT2D eigenvalue weighted by molar-refractivity contribution is 0.432. The van der Waals surface area contributed by atoms with Gasteiger partial charge in [-0.05, 0) is 24.6 Å². The van der Waals surface area contributed by atoms with Crippen molar-refractivity contribution in [1.29, 1.82) is 0 Å². The highest BCUT2D eigenvalue weighted by molar-refractivity contribution is 5.77. The second-order valence-electron chi connectivity index (χ2n) is 6.07. The van der Waals surface area contributed by atoms with Gasteiger partial charge in [-0.25, -0.2) is 8.78 Å². The van der Waals surface area contributed by atoms with Gasteiger partial charge >= 0.3 is 0 Å². The summed E-state index contributed by atoms with van der Waals surface area (Å²) < 4.78 is 34.6. The summed E-state index contributed by atoms with van der Waals surface area (Å²) in [5.41, 5.74) is 2.19. The van der Waals surface area contributed by atoms with Gasteiger partial charge in [-0.15, -0.1) is 0 Å². The van der Waals surface area contributed by atoms with Crippen molar-refractivity contribution in [3.63, 3.8) is 0 Å². The van der Waals surface area contributed by atoms with E-state index < -0.39 is 11.6 Å². The Morgan fingerprint density at radius 1 is 1.04 bits per heavy atom. The maximum absolute atomic E-state index is 14.0. The Bertz CT molecular complexity index is 1070. The fourth-order valence-electron chi connectivity index (χ4n) is 2.84.